The Morgan fingerprint density at radius 1 is 1.43 bits per heavy atom. The molecule has 1 aromatic carbocycles. The molecular weight excluding hydrogens is 302 g/mol. The molecule has 1 heterocycles. The molecule has 0 radical (unpaired) electrons. The molecule has 0 unspecified atom stereocenters. The average Bonchev–Trinajstić information content (AvgIpc) is 2.59. The van der Waals surface area contributed by atoms with Crippen molar-refractivity contribution in [1.82, 2.24) is 5.32 Å². The number of benzene rings is 1. The summed E-state index contributed by atoms with van der Waals surface area (Å²) in [6.45, 7) is 3.66. The number of nitrogens with zero attached hydrogens (tertiary/aromatic N) is 1. The minimum absolute atomic E-state index is 0.0347. The van der Waals surface area contributed by atoms with E-state index in [4.69, 9.17) is 11.6 Å². The van der Waals surface area contributed by atoms with E-state index in [0.717, 1.165) is 5.56 Å². The molecule has 21 heavy (non-hydrogen) atoms. The molecule has 0 bridgehead atoms. The lowest BCUT2D eigenvalue weighted by Gasteiger charge is -2.20. The van der Waals surface area contributed by atoms with Gasteiger partial charge in [0.1, 0.15) is 0 Å². The number of amides is 2. The quantitative estimate of drug-likeness (QED) is 0.927. The summed E-state index contributed by atoms with van der Waals surface area (Å²) >= 11 is 5.96. The lowest BCUT2D eigenvalue weighted by atomic mass is 9.86. The molecule has 0 saturated carbocycles. The first-order valence-electron chi connectivity index (χ1n) is 6.43. The Hall–Kier alpha value is -1.69. The van der Waals surface area contributed by atoms with Crippen molar-refractivity contribution in [3.63, 3.8) is 0 Å². The summed E-state index contributed by atoms with van der Waals surface area (Å²) in [5, 5.41) is 2.62. The zero-order valence-electron chi connectivity index (χ0n) is 11.6. The number of alkyl halides is 2. The molecule has 7 heteroatoms. The normalized spacial score (nSPS) is 16.3. The Morgan fingerprint density at radius 3 is 2.71 bits per heavy atom. The van der Waals surface area contributed by atoms with Gasteiger partial charge < -0.3 is 10.2 Å². The second kappa shape index (κ2) is 5.60. The Kier molecular flexibility index (Phi) is 4.18. The molecule has 2 rings (SSSR count). The average molecular weight is 317 g/mol. The second-order valence-corrected chi connectivity index (χ2v) is 5.77. The standard InChI is InChI=1S/C14H15ClF2N2O2/c1-14(2)9-7-8(15)3-4-10(9)19(13(14)21)6-5-18-12(20)11(16)17/h3-4,7,11H,5-6H2,1-2H3,(H,18,20). The molecule has 0 saturated heterocycles. The Balaban J connectivity index is 2.15. The molecule has 0 spiro atoms. The van der Waals surface area contributed by atoms with E-state index in [-0.39, 0.29) is 19.0 Å². The molecule has 114 valence electrons. The highest BCUT2D eigenvalue weighted by Crippen LogP contribution is 2.42. The van der Waals surface area contributed by atoms with Crippen LogP contribution in [0.1, 0.15) is 19.4 Å². The predicted molar refractivity (Wildman–Crippen MR) is 75.8 cm³/mol. The van der Waals surface area contributed by atoms with Crippen molar-refractivity contribution in [3.05, 3.63) is 28.8 Å². The van der Waals surface area contributed by atoms with Gasteiger partial charge in [-0.2, -0.15) is 8.78 Å². The molecule has 2 amide bonds. The number of carbonyl (C=O) groups is 2. The third-order valence-electron chi connectivity index (χ3n) is 3.54. The first kappa shape index (κ1) is 15.7. The van der Waals surface area contributed by atoms with Gasteiger partial charge in [-0.25, -0.2) is 0 Å². The number of rotatable bonds is 4. The minimum atomic E-state index is -3.05. The summed E-state index contributed by atoms with van der Waals surface area (Å²) in [4.78, 5) is 24.7. The SMILES string of the molecule is CC1(C)C(=O)N(CCNC(=O)C(F)F)c2ccc(Cl)cc21. The fourth-order valence-corrected chi connectivity index (χ4v) is 2.57. The zero-order valence-corrected chi connectivity index (χ0v) is 12.4. The van der Waals surface area contributed by atoms with Gasteiger partial charge in [-0.3, -0.25) is 9.59 Å². The summed E-state index contributed by atoms with van der Waals surface area (Å²) in [6.07, 6.45) is -3.05. The summed E-state index contributed by atoms with van der Waals surface area (Å²) in [7, 11) is 0. The topological polar surface area (TPSA) is 49.4 Å². The van der Waals surface area contributed by atoms with Gasteiger partial charge in [-0.1, -0.05) is 11.6 Å². The molecule has 0 aromatic heterocycles. The summed E-state index contributed by atoms with van der Waals surface area (Å²) < 4.78 is 24.2. The Bertz CT molecular complexity index is 590. The molecule has 1 aliphatic rings. The highest BCUT2D eigenvalue weighted by atomic mass is 35.5. The Labute approximate surface area is 126 Å². The highest BCUT2D eigenvalue weighted by molar-refractivity contribution is 6.31. The molecule has 1 aromatic rings. The van der Waals surface area contributed by atoms with Crippen molar-refractivity contribution in [2.24, 2.45) is 0 Å². The molecule has 4 nitrogen and oxygen atoms in total. The number of carbonyl (C=O) groups excluding carboxylic acids is 2. The van der Waals surface area contributed by atoms with Crippen LogP contribution in [-0.2, 0) is 15.0 Å². The van der Waals surface area contributed by atoms with Crippen molar-refractivity contribution in [3.8, 4) is 0 Å². The van der Waals surface area contributed by atoms with E-state index in [1.807, 2.05) is 0 Å². The smallest absolute Gasteiger partial charge is 0.315 e. The fraction of sp³-hybridized carbons (Fsp3) is 0.429. The summed E-state index contributed by atoms with van der Waals surface area (Å²) in [5.41, 5.74) is 0.758. The lowest BCUT2D eigenvalue weighted by molar-refractivity contribution is -0.131. The number of fused-ring (bicyclic) bond motifs is 1. The van der Waals surface area contributed by atoms with Gasteiger partial charge in [-0.15, -0.1) is 0 Å². The van der Waals surface area contributed by atoms with Crippen LogP contribution < -0.4 is 10.2 Å². The van der Waals surface area contributed by atoms with Gasteiger partial charge in [0.2, 0.25) is 5.91 Å². The van der Waals surface area contributed by atoms with E-state index >= 15 is 0 Å². The van der Waals surface area contributed by atoms with Crippen LogP contribution in [0.4, 0.5) is 14.5 Å². The second-order valence-electron chi connectivity index (χ2n) is 5.33. The van der Waals surface area contributed by atoms with Gasteiger partial charge in [-0.05, 0) is 37.6 Å². The zero-order chi connectivity index (χ0) is 15.8. The van der Waals surface area contributed by atoms with E-state index in [1.165, 1.54) is 4.90 Å². The van der Waals surface area contributed by atoms with Crippen LogP contribution in [0.3, 0.4) is 0 Å². The Morgan fingerprint density at radius 2 is 2.10 bits per heavy atom. The number of anilines is 1. The van der Waals surface area contributed by atoms with Crippen molar-refractivity contribution in [2.45, 2.75) is 25.7 Å². The monoisotopic (exact) mass is 316 g/mol. The number of halogens is 3. The molecule has 0 atom stereocenters. The van der Waals surface area contributed by atoms with Crippen LogP contribution in [0.25, 0.3) is 0 Å². The molecule has 1 aliphatic heterocycles. The van der Waals surface area contributed by atoms with Crippen LogP contribution in [0.2, 0.25) is 5.02 Å². The maximum Gasteiger partial charge on any atom is 0.315 e. The van der Waals surface area contributed by atoms with Gasteiger partial charge in [0.25, 0.3) is 5.91 Å². The van der Waals surface area contributed by atoms with Crippen molar-refractivity contribution >= 4 is 29.1 Å². The van der Waals surface area contributed by atoms with E-state index < -0.39 is 17.7 Å². The van der Waals surface area contributed by atoms with Crippen molar-refractivity contribution in [1.29, 1.82) is 0 Å². The number of hydrogen-bond acceptors (Lipinski definition) is 2. The fourth-order valence-electron chi connectivity index (χ4n) is 2.40. The maximum absolute atomic E-state index is 12.4. The molecule has 1 N–H and O–H groups in total. The van der Waals surface area contributed by atoms with Crippen molar-refractivity contribution < 1.29 is 18.4 Å². The summed E-state index contributed by atoms with van der Waals surface area (Å²) in [6, 6.07) is 5.12. The van der Waals surface area contributed by atoms with Crippen LogP contribution >= 0.6 is 11.6 Å². The van der Waals surface area contributed by atoms with Crippen LogP contribution in [0.5, 0.6) is 0 Å². The van der Waals surface area contributed by atoms with E-state index in [2.05, 4.69) is 5.32 Å². The summed E-state index contributed by atoms with van der Waals surface area (Å²) in [5.74, 6) is -1.48. The van der Waals surface area contributed by atoms with Crippen LogP contribution in [0.15, 0.2) is 18.2 Å². The third kappa shape index (κ3) is 2.85. The van der Waals surface area contributed by atoms with Crippen molar-refractivity contribution in [2.75, 3.05) is 18.0 Å². The molecule has 0 aliphatic carbocycles. The van der Waals surface area contributed by atoms with Crippen LogP contribution in [0, 0.1) is 0 Å². The lowest BCUT2D eigenvalue weighted by Crippen LogP contribution is -2.42. The first-order chi connectivity index (χ1) is 9.75. The minimum Gasteiger partial charge on any atom is -0.349 e. The largest absolute Gasteiger partial charge is 0.349 e. The molecular formula is C14H15ClF2N2O2. The third-order valence-corrected chi connectivity index (χ3v) is 3.77. The van der Waals surface area contributed by atoms with E-state index in [0.29, 0.717) is 10.7 Å². The van der Waals surface area contributed by atoms with Gasteiger partial charge in [0.05, 0.1) is 5.41 Å². The van der Waals surface area contributed by atoms with Gasteiger partial charge in [0, 0.05) is 23.8 Å². The maximum atomic E-state index is 12.4. The van der Waals surface area contributed by atoms with Gasteiger partial charge >= 0.3 is 6.43 Å². The van der Waals surface area contributed by atoms with Gasteiger partial charge in [0.15, 0.2) is 0 Å². The first-order valence-corrected chi connectivity index (χ1v) is 6.81. The highest BCUT2D eigenvalue weighted by Gasteiger charge is 2.43. The van der Waals surface area contributed by atoms with E-state index in [9.17, 15) is 18.4 Å². The predicted octanol–water partition coefficient (Wildman–Crippen LogP) is 2.35. The number of nitrogens with one attached hydrogen (secondary N) is 1. The van der Waals surface area contributed by atoms with E-state index in [1.54, 1.807) is 32.0 Å². The number of hydrogen-bond donors (Lipinski definition) is 1. The van der Waals surface area contributed by atoms with Crippen LogP contribution in [-0.4, -0.2) is 31.3 Å². The molecule has 0 fully saturated rings.